The van der Waals surface area contributed by atoms with Crippen LogP contribution in [0.4, 0.5) is 4.39 Å². The van der Waals surface area contributed by atoms with Crippen molar-refractivity contribution < 1.29 is 13.9 Å². The van der Waals surface area contributed by atoms with Gasteiger partial charge in [0.25, 0.3) is 0 Å². The van der Waals surface area contributed by atoms with Crippen LogP contribution < -0.4 is 10.5 Å². The van der Waals surface area contributed by atoms with Crippen LogP contribution in [0.5, 0.6) is 5.75 Å². The molecule has 1 atom stereocenters. The molecule has 6 nitrogen and oxygen atoms in total. The van der Waals surface area contributed by atoms with E-state index in [-0.39, 0.29) is 29.7 Å². The van der Waals surface area contributed by atoms with E-state index in [0.717, 1.165) is 40.4 Å². The lowest BCUT2D eigenvalue weighted by atomic mass is 9.89. The van der Waals surface area contributed by atoms with Crippen LogP contribution in [0.2, 0.25) is 5.15 Å². The molecule has 2 aromatic carbocycles. The molecule has 0 bridgehead atoms. The number of Topliss-reactive ketones (excluding diaryl/α,β-unsaturated/α-hetero) is 1. The fourth-order valence-corrected chi connectivity index (χ4v) is 4.87. The Morgan fingerprint density at radius 3 is 2.91 bits per heavy atom. The molecule has 168 valence electrons. The minimum Gasteiger partial charge on any atom is -0.493 e. The van der Waals surface area contributed by atoms with Crippen molar-refractivity contribution in [2.45, 2.75) is 31.3 Å². The van der Waals surface area contributed by atoms with Crippen molar-refractivity contribution in [1.29, 1.82) is 0 Å². The highest BCUT2D eigenvalue weighted by Crippen LogP contribution is 2.38. The van der Waals surface area contributed by atoms with Crippen molar-refractivity contribution in [3.63, 3.8) is 0 Å². The summed E-state index contributed by atoms with van der Waals surface area (Å²) in [4.78, 5) is 13.6. The molecule has 8 heteroatoms. The number of ether oxygens (including phenoxy) is 1. The zero-order valence-corrected chi connectivity index (χ0v) is 18.5. The van der Waals surface area contributed by atoms with Crippen molar-refractivity contribution in [2.24, 2.45) is 11.7 Å². The van der Waals surface area contributed by atoms with Crippen molar-refractivity contribution in [3.8, 4) is 16.9 Å². The van der Waals surface area contributed by atoms with Crippen molar-refractivity contribution in [2.75, 3.05) is 6.61 Å². The third kappa shape index (κ3) is 3.61. The fraction of sp³-hybridized carbons (Fsp3) is 0.280. The number of rotatable bonds is 5. The minimum atomic E-state index is -0.380. The first-order valence-electron chi connectivity index (χ1n) is 11.0. The molecule has 3 N–H and O–H groups in total. The van der Waals surface area contributed by atoms with Gasteiger partial charge in [-0.3, -0.25) is 9.89 Å². The molecule has 1 fully saturated rings. The van der Waals surface area contributed by atoms with Gasteiger partial charge in [0.1, 0.15) is 16.7 Å². The molecule has 4 aromatic rings. The minimum absolute atomic E-state index is 0.00961. The van der Waals surface area contributed by atoms with Gasteiger partial charge in [0.15, 0.2) is 5.78 Å². The van der Waals surface area contributed by atoms with Crippen LogP contribution >= 0.6 is 11.6 Å². The predicted molar refractivity (Wildman–Crippen MR) is 124 cm³/mol. The van der Waals surface area contributed by atoms with Gasteiger partial charge < -0.3 is 15.0 Å². The largest absolute Gasteiger partial charge is 0.493 e. The van der Waals surface area contributed by atoms with Gasteiger partial charge in [-0.1, -0.05) is 23.7 Å². The van der Waals surface area contributed by atoms with Crippen LogP contribution in [0, 0.1) is 11.7 Å². The van der Waals surface area contributed by atoms with Gasteiger partial charge in [0.2, 0.25) is 0 Å². The average Bonchev–Trinajstić information content (AvgIpc) is 3.21. The molecule has 1 aliphatic heterocycles. The molecule has 0 saturated heterocycles. The highest BCUT2D eigenvalue weighted by molar-refractivity contribution is 6.32. The van der Waals surface area contributed by atoms with Crippen LogP contribution in [-0.2, 0) is 13.0 Å². The second kappa shape index (κ2) is 7.43. The van der Waals surface area contributed by atoms with Crippen LogP contribution in [0.25, 0.3) is 22.0 Å². The summed E-state index contributed by atoms with van der Waals surface area (Å²) >= 11 is 6.25. The van der Waals surface area contributed by atoms with Crippen LogP contribution in [-0.4, -0.2) is 32.7 Å². The number of halogens is 2. The number of benzene rings is 2. The number of hydrogen-bond donors (Lipinski definition) is 2. The number of fused-ring (bicyclic) bond motifs is 2. The fourth-order valence-electron chi connectivity index (χ4n) is 4.67. The number of nitrogens with one attached hydrogen (secondary N) is 1. The van der Waals surface area contributed by atoms with E-state index < -0.39 is 0 Å². The number of nitrogens with zero attached hydrogens (tertiary/aromatic N) is 2. The molecule has 2 aromatic heterocycles. The average molecular weight is 465 g/mol. The second-order valence-electron chi connectivity index (χ2n) is 9.19. The third-order valence-corrected chi connectivity index (χ3v) is 7.02. The van der Waals surface area contributed by atoms with Gasteiger partial charge >= 0.3 is 0 Å². The Bertz CT molecular complexity index is 1400. The first-order chi connectivity index (χ1) is 15.9. The number of aromatic nitrogens is 3. The van der Waals surface area contributed by atoms with E-state index in [1.807, 2.05) is 24.4 Å². The lowest BCUT2D eigenvalue weighted by Gasteiger charge is -2.24. The molecule has 0 spiro atoms. The van der Waals surface area contributed by atoms with Crippen LogP contribution in [0.3, 0.4) is 0 Å². The maximum Gasteiger partial charge on any atom is 0.171 e. The highest BCUT2D eigenvalue weighted by atomic mass is 35.5. The number of carbonyl (C=O) groups is 1. The zero-order chi connectivity index (χ0) is 22.7. The monoisotopic (exact) mass is 464 g/mol. The lowest BCUT2D eigenvalue weighted by Crippen LogP contribution is -2.29. The Kier molecular flexibility index (Phi) is 4.61. The molecule has 33 heavy (non-hydrogen) atoms. The number of carbonyl (C=O) groups excluding carboxylic acids is 1. The van der Waals surface area contributed by atoms with E-state index >= 15 is 0 Å². The van der Waals surface area contributed by atoms with Gasteiger partial charge in [-0.15, -0.1) is 0 Å². The van der Waals surface area contributed by atoms with Crippen molar-refractivity contribution in [1.82, 2.24) is 14.8 Å². The van der Waals surface area contributed by atoms with E-state index in [1.54, 1.807) is 12.3 Å². The summed E-state index contributed by atoms with van der Waals surface area (Å²) in [5.41, 5.74) is 10.2. The lowest BCUT2D eigenvalue weighted by molar-refractivity contribution is 0.0856. The molecule has 1 aliphatic carbocycles. The van der Waals surface area contributed by atoms with E-state index in [9.17, 15) is 9.18 Å². The quantitative estimate of drug-likeness (QED) is 0.417. The van der Waals surface area contributed by atoms with Gasteiger partial charge in [-0.25, -0.2) is 4.39 Å². The van der Waals surface area contributed by atoms with Gasteiger partial charge in [0, 0.05) is 40.3 Å². The summed E-state index contributed by atoms with van der Waals surface area (Å²) in [5, 5.41) is 8.08. The SMILES string of the molecule is NC1(Cn2cc(C(=O)C3COc4ccc(F)cc4C3)c3ccc(-c4cn[nH]c4Cl)cc32)CC1. The summed E-state index contributed by atoms with van der Waals surface area (Å²) in [5.74, 6) is -0.0767. The second-order valence-corrected chi connectivity index (χ2v) is 9.57. The molecule has 2 aliphatic rings. The molecule has 1 saturated carbocycles. The summed E-state index contributed by atoms with van der Waals surface area (Å²) in [6, 6.07) is 10.4. The molecule has 1 unspecified atom stereocenters. The topological polar surface area (TPSA) is 85.9 Å². The van der Waals surface area contributed by atoms with E-state index in [4.69, 9.17) is 22.1 Å². The summed E-state index contributed by atoms with van der Waals surface area (Å²) in [6.07, 6.45) is 5.96. The van der Waals surface area contributed by atoms with E-state index in [0.29, 0.717) is 29.4 Å². The third-order valence-electron chi connectivity index (χ3n) is 6.73. The van der Waals surface area contributed by atoms with Crippen LogP contribution in [0.15, 0.2) is 48.8 Å². The smallest absolute Gasteiger partial charge is 0.171 e. The summed E-state index contributed by atoms with van der Waals surface area (Å²) in [6.45, 7) is 0.905. The van der Waals surface area contributed by atoms with E-state index in [1.165, 1.54) is 12.1 Å². The normalized spacial score (nSPS) is 18.7. The number of ketones is 1. The molecule has 3 heterocycles. The van der Waals surface area contributed by atoms with Crippen molar-refractivity contribution in [3.05, 3.63) is 70.9 Å². The Balaban J connectivity index is 1.40. The first-order valence-corrected chi connectivity index (χ1v) is 11.3. The molecular formula is C25H22ClFN4O2. The highest BCUT2D eigenvalue weighted by Gasteiger charge is 2.39. The number of nitrogens with two attached hydrogens (primary N) is 1. The molecular weight excluding hydrogens is 443 g/mol. The number of H-pyrrole nitrogens is 1. The van der Waals surface area contributed by atoms with Crippen molar-refractivity contribution >= 4 is 28.3 Å². The zero-order valence-electron chi connectivity index (χ0n) is 17.8. The standard InChI is InChI=1S/C25H22ClFN4O2/c26-24-19(10-29-30-24)14-1-3-18-20(11-31(21(18)9-14)13-25(28)5-6-25)23(32)16-7-15-8-17(27)2-4-22(15)33-12-16/h1-4,8-11,16H,5-7,12-13,28H2,(H,29,30). The summed E-state index contributed by atoms with van der Waals surface area (Å²) in [7, 11) is 0. The predicted octanol–water partition coefficient (Wildman–Crippen LogP) is 4.75. The Hall–Kier alpha value is -3.16. The van der Waals surface area contributed by atoms with E-state index in [2.05, 4.69) is 14.8 Å². The van der Waals surface area contributed by atoms with Gasteiger partial charge in [-0.05, 0) is 54.7 Å². The maximum atomic E-state index is 13.7. The number of hydrogen-bond acceptors (Lipinski definition) is 4. The Morgan fingerprint density at radius 2 is 2.15 bits per heavy atom. The first kappa shape index (κ1) is 20.4. The number of aromatic amines is 1. The van der Waals surface area contributed by atoms with Gasteiger partial charge in [0.05, 0.1) is 18.7 Å². The molecule has 0 amide bonds. The van der Waals surface area contributed by atoms with Gasteiger partial charge in [-0.2, -0.15) is 5.10 Å². The van der Waals surface area contributed by atoms with Crippen LogP contribution in [0.1, 0.15) is 28.8 Å². The summed E-state index contributed by atoms with van der Waals surface area (Å²) < 4.78 is 21.6. The Labute approximate surface area is 194 Å². The maximum absolute atomic E-state index is 13.7. The molecule has 6 rings (SSSR count). The molecule has 0 radical (unpaired) electrons. The Morgan fingerprint density at radius 1 is 1.30 bits per heavy atom.